The number of hydrogen-bond acceptors (Lipinski definition) is 8. The van der Waals surface area contributed by atoms with Crippen LogP contribution in [-0.4, -0.2) is 95.7 Å². The molecule has 0 saturated carbocycles. The molecule has 4 unspecified atom stereocenters. The van der Waals surface area contributed by atoms with Gasteiger partial charge in [-0.3, -0.25) is 14.5 Å². The Morgan fingerprint density at radius 2 is 1.43 bits per heavy atom. The van der Waals surface area contributed by atoms with E-state index in [2.05, 4.69) is 30.8 Å². The fraction of sp³-hybridized carbons (Fsp3) is 0.500. The van der Waals surface area contributed by atoms with Gasteiger partial charge in [0.05, 0.1) is 38.2 Å². The number of amides is 4. The molecule has 2 aliphatic rings. The number of benzene rings is 2. The first kappa shape index (κ1) is 37.3. The van der Waals surface area contributed by atoms with E-state index in [1.165, 1.54) is 14.2 Å². The summed E-state index contributed by atoms with van der Waals surface area (Å²) < 4.78 is 9.53. The molecule has 0 spiro atoms. The largest absolute Gasteiger partial charge is 0.453 e. The number of imidazole rings is 1. The highest BCUT2D eigenvalue weighted by Gasteiger charge is 2.38. The Balaban J connectivity index is 1.19. The van der Waals surface area contributed by atoms with Crippen LogP contribution in [0.15, 0.2) is 54.7 Å². The van der Waals surface area contributed by atoms with Gasteiger partial charge in [0.15, 0.2) is 0 Å². The van der Waals surface area contributed by atoms with Crippen LogP contribution in [0.3, 0.4) is 0 Å². The van der Waals surface area contributed by atoms with Crippen molar-refractivity contribution in [2.24, 2.45) is 11.8 Å². The molecule has 3 heterocycles. The number of nitrogens with zero attached hydrogens (tertiary/aromatic N) is 3. The topological polar surface area (TPSA) is 158 Å². The van der Waals surface area contributed by atoms with Crippen LogP contribution < -0.4 is 16.0 Å². The van der Waals surface area contributed by atoms with E-state index in [0.717, 1.165) is 66.1 Å². The lowest BCUT2D eigenvalue weighted by molar-refractivity contribution is -0.135. The molecule has 0 aliphatic carbocycles. The zero-order valence-corrected chi connectivity index (χ0v) is 30.4. The van der Waals surface area contributed by atoms with Crippen molar-refractivity contribution in [1.29, 1.82) is 0 Å². The van der Waals surface area contributed by atoms with E-state index < -0.39 is 18.2 Å². The van der Waals surface area contributed by atoms with Gasteiger partial charge in [-0.2, -0.15) is 0 Å². The molecular formula is C38H51N7O6. The number of ether oxygens (including phenoxy) is 2. The number of H-pyrrole nitrogens is 1. The molecule has 4 N–H and O–H groups in total. The molecule has 51 heavy (non-hydrogen) atoms. The van der Waals surface area contributed by atoms with E-state index in [9.17, 15) is 19.2 Å². The van der Waals surface area contributed by atoms with Crippen LogP contribution >= 0.6 is 0 Å². The summed E-state index contributed by atoms with van der Waals surface area (Å²) in [5, 5.41) is 8.67. The molecule has 13 heteroatoms. The van der Waals surface area contributed by atoms with Crippen LogP contribution in [-0.2, 0) is 19.1 Å². The van der Waals surface area contributed by atoms with Crippen molar-refractivity contribution in [3.63, 3.8) is 0 Å². The van der Waals surface area contributed by atoms with Crippen LogP contribution in [0.25, 0.3) is 22.4 Å². The van der Waals surface area contributed by atoms with Crippen LogP contribution in [0.1, 0.15) is 65.2 Å². The molecule has 2 aromatic carbocycles. The van der Waals surface area contributed by atoms with Gasteiger partial charge in [0.2, 0.25) is 11.8 Å². The number of carbonyl (C=O) groups is 4. The Morgan fingerprint density at radius 1 is 0.824 bits per heavy atom. The second kappa shape index (κ2) is 16.9. The number of likely N-dealkylation sites (tertiary alicyclic amines) is 2. The second-order valence-corrected chi connectivity index (χ2v) is 14.0. The summed E-state index contributed by atoms with van der Waals surface area (Å²) in [6.07, 6.45) is 4.01. The predicted octanol–water partition coefficient (Wildman–Crippen LogP) is 5.57. The van der Waals surface area contributed by atoms with Crippen molar-refractivity contribution in [2.45, 2.75) is 77.5 Å². The summed E-state index contributed by atoms with van der Waals surface area (Å²) in [4.78, 5) is 62.6. The van der Waals surface area contributed by atoms with E-state index in [0.29, 0.717) is 13.1 Å². The van der Waals surface area contributed by atoms with Gasteiger partial charge in [-0.25, -0.2) is 14.6 Å². The molecule has 2 aliphatic heterocycles. The van der Waals surface area contributed by atoms with Gasteiger partial charge in [-0.1, -0.05) is 64.1 Å². The maximum Gasteiger partial charge on any atom is 0.407 e. The summed E-state index contributed by atoms with van der Waals surface area (Å²) >= 11 is 0. The quantitative estimate of drug-likeness (QED) is 0.191. The third-order valence-corrected chi connectivity index (χ3v) is 9.91. The Morgan fingerprint density at radius 3 is 2.06 bits per heavy atom. The van der Waals surface area contributed by atoms with E-state index in [4.69, 9.17) is 9.47 Å². The molecule has 2 fully saturated rings. The number of anilines is 1. The highest BCUT2D eigenvalue weighted by molar-refractivity contribution is 5.95. The first-order valence-corrected chi connectivity index (χ1v) is 17.8. The number of aromatic nitrogens is 2. The fourth-order valence-corrected chi connectivity index (χ4v) is 6.89. The van der Waals surface area contributed by atoms with Gasteiger partial charge >= 0.3 is 12.2 Å². The normalized spacial score (nSPS) is 18.8. The van der Waals surface area contributed by atoms with Gasteiger partial charge in [-0.15, -0.1) is 0 Å². The van der Waals surface area contributed by atoms with Crippen molar-refractivity contribution in [3.05, 3.63) is 60.6 Å². The van der Waals surface area contributed by atoms with Crippen LogP contribution in [0.5, 0.6) is 0 Å². The Bertz CT molecular complexity index is 1660. The molecule has 4 atom stereocenters. The van der Waals surface area contributed by atoms with Gasteiger partial charge < -0.3 is 35.3 Å². The lowest BCUT2D eigenvalue weighted by Gasteiger charge is -2.30. The Labute approximate surface area is 299 Å². The minimum absolute atomic E-state index is 0.0493. The lowest BCUT2D eigenvalue weighted by Crippen LogP contribution is -2.51. The van der Waals surface area contributed by atoms with E-state index in [1.807, 2.05) is 76.2 Å². The standard InChI is InChI=1S/C38H51N7O6/c1-23(2)30(42-37(48)50-5)22-44-19-7-10-32(44)35(46)40-28-17-15-26(16-18-28)25-11-13-27(14-12-25)29-21-39-34(41-29)31-9-8-20-45(31)36(47)33(24(3)4)43-38(49)51-6/h11-18,21,23-24,30-33H,7-10,19-20,22H2,1-6H3,(H,39,41)(H,40,46)(H,42,48)(H,43,49). The third kappa shape index (κ3) is 9.07. The molecule has 5 rings (SSSR count). The summed E-state index contributed by atoms with van der Waals surface area (Å²) in [7, 11) is 2.64. The van der Waals surface area contributed by atoms with Crippen LogP contribution in [0.2, 0.25) is 0 Å². The maximum atomic E-state index is 13.5. The molecule has 13 nitrogen and oxygen atoms in total. The molecular weight excluding hydrogens is 650 g/mol. The van der Waals surface area contributed by atoms with E-state index in [1.54, 1.807) is 11.1 Å². The third-order valence-electron chi connectivity index (χ3n) is 9.91. The molecule has 2 saturated heterocycles. The van der Waals surface area contributed by atoms with Crippen molar-refractivity contribution in [3.8, 4) is 22.4 Å². The Kier molecular flexibility index (Phi) is 12.4. The van der Waals surface area contributed by atoms with Gasteiger partial charge in [0.1, 0.15) is 11.9 Å². The monoisotopic (exact) mass is 701 g/mol. The smallest absolute Gasteiger partial charge is 0.407 e. The minimum atomic E-state index is -0.686. The van der Waals surface area contributed by atoms with Gasteiger partial charge in [0, 0.05) is 24.8 Å². The summed E-state index contributed by atoms with van der Waals surface area (Å²) in [6, 6.07) is 14.7. The van der Waals surface area contributed by atoms with Gasteiger partial charge in [0.25, 0.3) is 0 Å². The minimum Gasteiger partial charge on any atom is -0.453 e. The molecule has 3 aromatic rings. The van der Waals surface area contributed by atoms with Crippen LogP contribution in [0.4, 0.5) is 15.3 Å². The number of hydrogen-bond donors (Lipinski definition) is 4. The molecule has 1 aromatic heterocycles. The number of carbonyl (C=O) groups excluding carboxylic acids is 4. The van der Waals surface area contributed by atoms with E-state index >= 15 is 0 Å². The zero-order valence-electron chi connectivity index (χ0n) is 30.4. The zero-order chi connectivity index (χ0) is 36.7. The molecule has 0 bridgehead atoms. The number of rotatable bonds is 12. The highest BCUT2D eigenvalue weighted by Crippen LogP contribution is 2.33. The number of alkyl carbamates (subject to hydrolysis) is 2. The van der Waals surface area contributed by atoms with E-state index in [-0.39, 0.29) is 41.8 Å². The van der Waals surface area contributed by atoms with Crippen molar-refractivity contribution < 1.29 is 28.7 Å². The molecule has 274 valence electrons. The Hall–Kier alpha value is -4.91. The number of aromatic amines is 1. The summed E-state index contributed by atoms with van der Waals surface area (Å²) in [5.74, 6) is 0.613. The predicted molar refractivity (Wildman–Crippen MR) is 195 cm³/mol. The number of nitrogens with one attached hydrogen (secondary N) is 4. The van der Waals surface area contributed by atoms with Crippen molar-refractivity contribution in [1.82, 2.24) is 30.4 Å². The summed E-state index contributed by atoms with van der Waals surface area (Å²) in [6.45, 7) is 9.85. The molecule has 0 radical (unpaired) electrons. The van der Waals surface area contributed by atoms with Crippen molar-refractivity contribution >= 4 is 29.7 Å². The average molecular weight is 702 g/mol. The first-order chi connectivity index (χ1) is 24.5. The maximum absolute atomic E-state index is 13.5. The highest BCUT2D eigenvalue weighted by atomic mass is 16.5. The van der Waals surface area contributed by atoms with Crippen LogP contribution in [0, 0.1) is 11.8 Å². The van der Waals surface area contributed by atoms with Crippen molar-refractivity contribution in [2.75, 3.05) is 39.2 Å². The SMILES string of the molecule is COC(=O)NC(CN1CCCC1C(=O)Nc1ccc(-c2ccc(-c3cnc(C4CCCN4C(=O)C(NC(=O)OC)C(C)C)[nH]3)cc2)cc1)C(C)C. The first-order valence-electron chi connectivity index (χ1n) is 17.8. The molecule has 4 amide bonds. The fourth-order valence-electron chi connectivity index (χ4n) is 6.89. The average Bonchev–Trinajstić information content (AvgIpc) is 3.91. The van der Waals surface area contributed by atoms with Gasteiger partial charge in [-0.05, 0) is 72.9 Å². The lowest BCUT2D eigenvalue weighted by atomic mass is 10.0. The summed E-state index contributed by atoms with van der Waals surface area (Å²) in [5.41, 5.74) is 4.59. The number of methoxy groups -OCH3 is 2. The second-order valence-electron chi connectivity index (χ2n) is 14.0.